The van der Waals surface area contributed by atoms with Crippen LogP contribution in [-0.2, 0) is 9.47 Å². The highest BCUT2D eigenvalue weighted by Gasteiger charge is 2.45. The van der Waals surface area contributed by atoms with Crippen molar-refractivity contribution in [3.63, 3.8) is 0 Å². The Morgan fingerprint density at radius 2 is 1.93 bits per heavy atom. The number of hydrogen-bond donors (Lipinski definition) is 6. The summed E-state index contributed by atoms with van der Waals surface area (Å²) in [6.45, 7) is 1.54. The fourth-order valence-corrected chi connectivity index (χ4v) is 3.96. The summed E-state index contributed by atoms with van der Waals surface area (Å²) in [6, 6.07) is 0. The van der Waals surface area contributed by atoms with Gasteiger partial charge in [0.2, 0.25) is 6.29 Å². The van der Waals surface area contributed by atoms with Crippen molar-refractivity contribution in [2.45, 2.75) is 63.0 Å². The molecule has 0 aromatic rings. The van der Waals surface area contributed by atoms with Crippen LogP contribution in [0, 0.1) is 11.8 Å². The lowest BCUT2D eigenvalue weighted by Crippen LogP contribution is -2.59. The lowest BCUT2D eigenvalue weighted by atomic mass is 9.84. The normalized spacial score (nSPS) is 38.7. The van der Waals surface area contributed by atoms with Gasteiger partial charge in [-0.2, -0.15) is 0 Å². The minimum atomic E-state index is -1.52. The average Bonchev–Trinajstić information content (AvgIpc) is 2.68. The van der Waals surface area contributed by atoms with E-state index in [0.29, 0.717) is 18.6 Å². The van der Waals surface area contributed by atoms with E-state index in [4.69, 9.17) is 9.47 Å². The van der Waals surface area contributed by atoms with Crippen molar-refractivity contribution >= 4 is 0 Å². The number of ether oxygens (including phenoxy) is 2. The smallest absolute Gasteiger partial charge is 0.228 e. The van der Waals surface area contributed by atoms with Gasteiger partial charge in [-0.1, -0.05) is 25.2 Å². The third-order valence-electron chi connectivity index (χ3n) is 5.63. The van der Waals surface area contributed by atoms with Crippen LogP contribution in [0.1, 0.15) is 26.2 Å². The van der Waals surface area contributed by atoms with Gasteiger partial charge in [0.05, 0.1) is 12.7 Å². The lowest BCUT2D eigenvalue weighted by molar-refractivity contribution is -0.292. The zero-order chi connectivity index (χ0) is 21.1. The monoisotopic (exact) mass is 410 g/mol. The number of aliphatic hydroxyl groups is 6. The minimum absolute atomic E-state index is 0.0176. The Balaban J connectivity index is 1.61. The molecule has 0 amide bonds. The number of aliphatic hydroxyl groups excluding tert-OH is 6. The van der Waals surface area contributed by atoms with Crippen LogP contribution in [-0.4, -0.2) is 74.1 Å². The molecule has 8 heteroatoms. The van der Waals surface area contributed by atoms with Gasteiger partial charge in [0.15, 0.2) is 0 Å². The Labute approximate surface area is 169 Å². The molecule has 2 aliphatic carbocycles. The molecule has 8 nitrogen and oxygen atoms in total. The summed E-state index contributed by atoms with van der Waals surface area (Å²) in [5.74, 6) is 0.613. The van der Waals surface area contributed by atoms with Crippen LogP contribution in [0.15, 0.2) is 47.5 Å². The van der Waals surface area contributed by atoms with Gasteiger partial charge < -0.3 is 40.1 Å². The van der Waals surface area contributed by atoms with Crippen molar-refractivity contribution in [3.05, 3.63) is 47.5 Å². The topological polar surface area (TPSA) is 140 Å². The largest absolute Gasteiger partial charge is 0.508 e. The van der Waals surface area contributed by atoms with Crippen LogP contribution in [0.3, 0.4) is 0 Å². The molecular weight excluding hydrogens is 380 g/mol. The van der Waals surface area contributed by atoms with E-state index < -0.39 is 43.4 Å². The van der Waals surface area contributed by atoms with E-state index in [9.17, 15) is 30.6 Å². The highest BCUT2D eigenvalue weighted by Crippen LogP contribution is 2.33. The SMILES string of the molecule is CC(CC1C=C(O)C=C(OC2OC(CO)C(O)C(O)C2O)C1)C1=CCC(O)C=C1. The first-order valence-electron chi connectivity index (χ1n) is 9.93. The fraction of sp³-hybridized carbons (Fsp3) is 0.619. The predicted octanol–water partition coefficient (Wildman–Crippen LogP) is 0.422. The molecule has 1 saturated heterocycles. The van der Waals surface area contributed by atoms with Crippen molar-refractivity contribution in [2.75, 3.05) is 6.61 Å². The second-order valence-electron chi connectivity index (χ2n) is 7.98. The fourth-order valence-electron chi connectivity index (χ4n) is 3.96. The van der Waals surface area contributed by atoms with Crippen LogP contribution >= 0.6 is 0 Å². The molecule has 6 N–H and O–H groups in total. The molecule has 0 bridgehead atoms. The minimum Gasteiger partial charge on any atom is -0.508 e. The van der Waals surface area contributed by atoms with Gasteiger partial charge in [0.25, 0.3) is 0 Å². The molecule has 0 saturated carbocycles. The standard InChI is InChI=1S/C21H30O8/c1-11(13-2-4-14(23)5-3-13)6-12-7-15(24)9-16(8-12)28-21-20(27)19(26)18(25)17(10-22)29-21/h2-4,7,9,11-12,14,17-27H,5-6,8,10H2,1H3. The molecule has 1 aliphatic heterocycles. The summed E-state index contributed by atoms with van der Waals surface area (Å²) in [7, 11) is 0. The van der Waals surface area contributed by atoms with Crippen LogP contribution in [0.4, 0.5) is 0 Å². The molecule has 0 radical (unpaired) electrons. The number of allylic oxidation sites excluding steroid dienone is 5. The quantitative estimate of drug-likeness (QED) is 0.370. The zero-order valence-corrected chi connectivity index (χ0v) is 16.3. The summed E-state index contributed by atoms with van der Waals surface area (Å²) < 4.78 is 11.1. The maximum absolute atomic E-state index is 10.1. The average molecular weight is 410 g/mol. The van der Waals surface area contributed by atoms with Crippen molar-refractivity contribution in [3.8, 4) is 0 Å². The highest BCUT2D eigenvalue weighted by molar-refractivity contribution is 5.27. The number of rotatable bonds is 6. The van der Waals surface area contributed by atoms with E-state index >= 15 is 0 Å². The van der Waals surface area contributed by atoms with Gasteiger partial charge in [-0.25, -0.2) is 0 Å². The van der Waals surface area contributed by atoms with E-state index in [-0.39, 0.29) is 17.6 Å². The summed E-state index contributed by atoms with van der Waals surface area (Å²) in [6.07, 6.45) is 3.45. The number of hydrogen-bond acceptors (Lipinski definition) is 8. The van der Waals surface area contributed by atoms with E-state index in [1.165, 1.54) is 6.08 Å². The molecule has 8 atom stereocenters. The second-order valence-corrected chi connectivity index (χ2v) is 7.98. The summed E-state index contributed by atoms with van der Waals surface area (Å²) in [4.78, 5) is 0. The van der Waals surface area contributed by atoms with Crippen LogP contribution in [0.5, 0.6) is 0 Å². The molecule has 29 heavy (non-hydrogen) atoms. The van der Waals surface area contributed by atoms with Gasteiger partial charge in [0, 0.05) is 12.5 Å². The molecule has 162 valence electrons. The molecule has 0 spiro atoms. The highest BCUT2D eigenvalue weighted by atomic mass is 16.7. The Kier molecular flexibility index (Phi) is 7.15. The van der Waals surface area contributed by atoms with Gasteiger partial charge >= 0.3 is 0 Å². The molecule has 1 fully saturated rings. The third-order valence-corrected chi connectivity index (χ3v) is 5.63. The van der Waals surface area contributed by atoms with Crippen molar-refractivity contribution < 1.29 is 40.1 Å². The Hall–Kier alpha value is -1.68. The predicted molar refractivity (Wildman–Crippen MR) is 103 cm³/mol. The summed E-state index contributed by atoms with van der Waals surface area (Å²) >= 11 is 0. The molecule has 1 heterocycles. The first kappa shape index (κ1) is 22.0. The molecule has 0 aromatic carbocycles. The van der Waals surface area contributed by atoms with Crippen molar-refractivity contribution in [1.29, 1.82) is 0 Å². The third kappa shape index (κ3) is 5.28. The Bertz CT molecular complexity index is 695. The maximum atomic E-state index is 10.1. The van der Waals surface area contributed by atoms with Gasteiger partial charge in [-0.05, 0) is 36.3 Å². The maximum Gasteiger partial charge on any atom is 0.228 e. The van der Waals surface area contributed by atoms with E-state index in [0.717, 1.165) is 12.0 Å². The molecule has 3 rings (SSSR count). The van der Waals surface area contributed by atoms with Gasteiger partial charge in [0.1, 0.15) is 35.9 Å². The molecule has 3 aliphatic rings. The van der Waals surface area contributed by atoms with E-state index in [1.807, 2.05) is 12.2 Å². The van der Waals surface area contributed by atoms with Crippen molar-refractivity contribution in [1.82, 2.24) is 0 Å². The zero-order valence-electron chi connectivity index (χ0n) is 16.3. The summed E-state index contributed by atoms with van der Waals surface area (Å²) in [5, 5.41) is 58.9. The van der Waals surface area contributed by atoms with Gasteiger partial charge in [-0.15, -0.1) is 0 Å². The first-order valence-corrected chi connectivity index (χ1v) is 9.93. The van der Waals surface area contributed by atoms with Crippen LogP contribution < -0.4 is 0 Å². The van der Waals surface area contributed by atoms with Gasteiger partial charge in [-0.3, -0.25) is 0 Å². The molecular formula is C21H30O8. The van der Waals surface area contributed by atoms with Crippen molar-refractivity contribution in [2.24, 2.45) is 11.8 Å². The van der Waals surface area contributed by atoms with E-state index in [2.05, 4.69) is 6.92 Å². The van der Waals surface area contributed by atoms with Crippen LogP contribution in [0.2, 0.25) is 0 Å². The van der Waals surface area contributed by atoms with E-state index in [1.54, 1.807) is 12.2 Å². The first-order chi connectivity index (χ1) is 13.8. The Morgan fingerprint density at radius 3 is 2.59 bits per heavy atom. The van der Waals surface area contributed by atoms with Crippen LogP contribution in [0.25, 0.3) is 0 Å². The second kappa shape index (κ2) is 9.42. The Morgan fingerprint density at radius 1 is 1.17 bits per heavy atom. The molecule has 8 unspecified atom stereocenters. The molecule has 0 aromatic heterocycles. The summed E-state index contributed by atoms with van der Waals surface area (Å²) in [5.41, 5.74) is 1.13. The lowest BCUT2D eigenvalue weighted by Gasteiger charge is -2.40.